The zero-order valence-corrected chi connectivity index (χ0v) is 49.1. The van der Waals surface area contributed by atoms with E-state index in [9.17, 15) is 19.8 Å². The Morgan fingerprint density at radius 1 is 0.384 bits per heavy atom. The molecule has 1 amide bonds. The molecule has 6 nitrogen and oxygen atoms in total. The molecule has 430 valence electrons. The first-order chi connectivity index (χ1) is 36.0. The summed E-state index contributed by atoms with van der Waals surface area (Å²) in [6.45, 7) is 4.82. The molecule has 2 atom stereocenters. The highest BCUT2D eigenvalue weighted by Crippen LogP contribution is 2.18. The van der Waals surface area contributed by atoms with Crippen LogP contribution in [-0.2, 0) is 14.3 Å². The van der Waals surface area contributed by atoms with Gasteiger partial charge in [-0.2, -0.15) is 0 Å². The van der Waals surface area contributed by atoms with Gasteiger partial charge >= 0.3 is 5.97 Å². The van der Waals surface area contributed by atoms with Crippen LogP contribution in [0.25, 0.3) is 0 Å². The number of nitrogens with one attached hydrogen (secondary N) is 1. The molecule has 0 radical (unpaired) electrons. The maximum atomic E-state index is 12.5. The van der Waals surface area contributed by atoms with E-state index in [1.807, 2.05) is 6.08 Å². The Morgan fingerprint density at radius 2 is 0.685 bits per heavy atom. The van der Waals surface area contributed by atoms with Gasteiger partial charge in [-0.15, -0.1) is 0 Å². The lowest BCUT2D eigenvalue weighted by molar-refractivity contribution is -0.143. The smallest absolute Gasteiger partial charge is 0.305 e. The number of amides is 1. The molecule has 2 unspecified atom stereocenters. The zero-order valence-electron chi connectivity index (χ0n) is 49.1. The number of aliphatic hydroxyl groups excluding tert-OH is 2. The fourth-order valence-corrected chi connectivity index (χ4v) is 10.2. The van der Waals surface area contributed by atoms with E-state index >= 15 is 0 Å². The SMILES string of the molecule is CCCCCCCCCCCCCCCCC/C=C/C(O)C(CO)NC(=O)CCCCCCCCCCCCCCCC/C=C\C/C=C\CCOC(=O)CCCCCCCCCCCCCCCCCCCC. The van der Waals surface area contributed by atoms with Crippen LogP contribution in [0.3, 0.4) is 0 Å². The second-order valence-electron chi connectivity index (χ2n) is 22.5. The van der Waals surface area contributed by atoms with Crippen LogP contribution in [-0.4, -0.2) is 47.4 Å². The summed E-state index contributed by atoms with van der Waals surface area (Å²) in [6, 6.07) is -0.632. The number of allylic oxidation sites excluding steroid dienone is 4. The minimum Gasteiger partial charge on any atom is -0.465 e. The molecule has 0 saturated heterocycles. The number of hydrogen-bond acceptors (Lipinski definition) is 5. The van der Waals surface area contributed by atoms with Gasteiger partial charge in [0.05, 0.1) is 25.4 Å². The molecule has 73 heavy (non-hydrogen) atoms. The molecule has 0 fully saturated rings. The third-order valence-electron chi connectivity index (χ3n) is 15.2. The largest absolute Gasteiger partial charge is 0.465 e. The normalized spacial score (nSPS) is 12.8. The first-order valence-corrected chi connectivity index (χ1v) is 32.8. The van der Waals surface area contributed by atoms with E-state index in [2.05, 4.69) is 43.5 Å². The van der Waals surface area contributed by atoms with Gasteiger partial charge in [0, 0.05) is 12.8 Å². The van der Waals surface area contributed by atoms with Crippen LogP contribution in [0.15, 0.2) is 36.5 Å². The molecule has 0 aromatic carbocycles. The molecule has 0 aliphatic carbocycles. The van der Waals surface area contributed by atoms with Gasteiger partial charge in [0.1, 0.15) is 0 Å². The molecule has 0 spiro atoms. The van der Waals surface area contributed by atoms with Gasteiger partial charge in [-0.25, -0.2) is 0 Å². The fourth-order valence-electron chi connectivity index (χ4n) is 10.2. The quantitative estimate of drug-likeness (QED) is 0.0320. The van der Waals surface area contributed by atoms with Crippen molar-refractivity contribution in [3.8, 4) is 0 Å². The molecule has 0 bridgehead atoms. The first-order valence-electron chi connectivity index (χ1n) is 32.8. The van der Waals surface area contributed by atoms with Crippen molar-refractivity contribution in [2.24, 2.45) is 0 Å². The van der Waals surface area contributed by atoms with Gasteiger partial charge in [0.2, 0.25) is 5.91 Å². The van der Waals surface area contributed by atoms with E-state index in [-0.39, 0.29) is 18.5 Å². The number of carbonyl (C=O) groups excluding carboxylic acids is 2. The standard InChI is InChI=1S/C67H127NO5/c1-3-5-7-9-11-13-15-17-19-21-29-33-37-41-45-49-53-57-61-67(72)73-62-58-54-50-46-42-38-34-30-26-24-22-23-25-28-32-36-40-44-48-52-56-60-66(71)68-64(63-69)65(70)59-55-51-47-43-39-35-31-27-20-18-16-14-12-10-8-6-4-2/h38,42,50,54-55,59,64-65,69-70H,3-37,39-41,43-49,51-53,56-58,60-63H2,1-2H3,(H,68,71)/b42-38-,54-50-,59-55+. The summed E-state index contributed by atoms with van der Waals surface area (Å²) in [6.07, 6.45) is 79.2. The van der Waals surface area contributed by atoms with Crippen LogP contribution in [0.4, 0.5) is 0 Å². The fraction of sp³-hybridized carbons (Fsp3) is 0.881. The Hall–Kier alpha value is -1.92. The highest BCUT2D eigenvalue weighted by atomic mass is 16.5. The highest BCUT2D eigenvalue weighted by molar-refractivity contribution is 5.76. The molecule has 6 heteroatoms. The molecule has 3 N–H and O–H groups in total. The summed E-state index contributed by atoms with van der Waals surface area (Å²) in [7, 11) is 0. The third kappa shape index (κ3) is 59.2. The second-order valence-corrected chi connectivity index (χ2v) is 22.5. The lowest BCUT2D eigenvalue weighted by Crippen LogP contribution is -2.45. The second kappa shape index (κ2) is 62.6. The Labute approximate surface area is 455 Å². The number of carbonyl (C=O) groups is 2. The average molecular weight is 1030 g/mol. The highest BCUT2D eigenvalue weighted by Gasteiger charge is 2.18. The lowest BCUT2D eigenvalue weighted by Gasteiger charge is -2.20. The van der Waals surface area contributed by atoms with E-state index in [0.717, 1.165) is 51.4 Å². The number of rotatable bonds is 61. The van der Waals surface area contributed by atoms with E-state index in [4.69, 9.17) is 4.74 Å². The summed E-state index contributed by atoms with van der Waals surface area (Å²) in [5.41, 5.74) is 0. The molecular formula is C67H127NO5. The van der Waals surface area contributed by atoms with Crippen molar-refractivity contribution < 1.29 is 24.5 Å². The topological polar surface area (TPSA) is 95.9 Å². The Bertz CT molecular complexity index is 1180. The molecule has 0 aromatic heterocycles. The number of esters is 1. The van der Waals surface area contributed by atoms with Gasteiger partial charge in [-0.1, -0.05) is 326 Å². The molecule has 0 heterocycles. The Balaban J connectivity index is 3.46. The third-order valence-corrected chi connectivity index (χ3v) is 15.2. The van der Waals surface area contributed by atoms with Gasteiger partial charge < -0.3 is 20.3 Å². The summed E-state index contributed by atoms with van der Waals surface area (Å²) in [4.78, 5) is 24.6. The van der Waals surface area contributed by atoms with E-state index in [0.29, 0.717) is 19.4 Å². The van der Waals surface area contributed by atoms with Gasteiger partial charge in [-0.05, 0) is 51.4 Å². The molecule has 0 saturated carbocycles. The van der Waals surface area contributed by atoms with E-state index in [1.54, 1.807) is 6.08 Å². The summed E-state index contributed by atoms with van der Waals surface area (Å²) in [5.74, 6) is -0.102. The lowest BCUT2D eigenvalue weighted by atomic mass is 10.0. The molecule has 0 aromatic rings. The Kier molecular flexibility index (Phi) is 61.0. The molecule has 0 rings (SSSR count). The minimum absolute atomic E-state index is 0.0311. The van der Waals surface area contributed by atoms with E-state index in [1.165, 1.54) is 276 Å². The number of unbranched alkanes of at least 4 members (excludes halogenated alkanes) is 46. The number of ether oxygens (including phenoxy) is 1. The predicted molar refractivity (Wildman–Crippen MR) is 319 cm³/mol. The minimum atomic E-state index is -0.848. The predicted octanol–water partition coefficient (Wildman–Crippen LogP) is 20.8. The Morgan fingerprint density at radius 3 is 1.04 bits per heavy atom. The van der Waals surface area contributed by atoms with E-state index < -0.39 is 12.1 Å². The summed E-state index contributed by atoms with van der Waals surface area (Å²) >= 11 is 0. The molecular weight excluding hydrogens is 899 g/mol. The van der Waals surface area contributed by atoms with Crippen LogP contribution in [0, 0.1) is 0 Å². The van der Waals surface area contributed by atoms with Gasteiger partial charge in [-0.3, -0.25) is 9.59 Å². The number of aliphatic hydroxyl groups is 2. The summed E-state index contributed by atoms with van der Waals surface area (Å²) < 4.78 is 5.44. The van der Waals surface area contributed by atoms with Crippen LogP contribution in [0.2, 0.25) is 0 Å². The van der Waals surface area contributed by atoms with Crippen LogP contribution in [0.5, 0.6) is 0 Å². The van der Waals surface area contributed by atoms with Crippen molar-refractivity contribution >= 4 is 11.9 Å². The van der Waals surface area contributed by atoms with Crippen molar-refractivity contribution in [1.29, 1.82) is 0 Å². The van der Waals surface area contributed by atoms with Crippen LogP contribution >= 0.6 is 0 Å². The first kappa shape index (κ1) is 71.1. The van der Waals surface area contributed by atoms with Crippen LogP contribution < -0.4 is 5.32 Å². The van der Waals surface area contributed by atoms with Crippen molar-refractivity contribution in [2.75, 3.05) is 13.2 Å². The van der Waals surface area contributed by atoms with Gasteiger partial charge in [0.25, 0.3) is 0 Å². The monoisotopic (exact) mass is 1030 g/mol. The molecule has 0 aliphatic heterocycles. The zero-order chi connectivity index (χ0) is 52.9. The van der Waals surface area contributed by atoms with Crippen molar-refractivity contribution in [3.05, 3.63) is 36.5 Å². The van der Waals surface area contributed by atoms with Crippen LogP contribution in [0.1, 0.15) is 354 Å². The van der Waals surface area contributed by atoms with Crippen molar-refractivity contribution in [1.82, 2.24) is 5.32 Å². The van der Waals surface area contributed by atoms with Gasteiger partial charge in [0.15, 0.2) is 0 Å². The van der Waals surface area contributed by atoms with Crippen molar-refractivity contribution in [3.63, 3.8) is 0 Å². The maximum Gasteiger partial charge on any atom is 0.305 e. The molecule has 0 aliphatic rings. The average Bonchev–Trinajstić information content (AvgIpc) is 3.39. The van der Waals surface area contributed by atoms with Crippen molar-refractivity contribution in [2.45, 2.75) is 366 Å². The maximum absolute atomic E-state index is 12.5. The number of hydrogen-bond donors (Lipinski definition) is 3. The summed E-state index contributed by atoms with van der Waals surface area (Å²) in [5, 5.41) is 23.2.